The lowest BCUT2D eigenvalue weighted by molar-refractivity contribution is -0.152. The highest BCUT2D eigenvalue weighted by Gasteiger charge is 2.37. The molecule has 0 radical (unpaired) electrons. The lowest BCUT2D eigenvalue weighted by Crippen LogP contribution is -2.49. The predicted octanol–water partition coefficient (Wildman–Crippen LogP) is 4.11. The standard InChI is InChI=1S/C28H35N3O5/c1-5-36-28(33)24-8-6-7-15-30(24)18-27(32)31-25(20-11-9-19(2)10-12-20)17-23(29-31)22-14-13-21(34-3)16-26(22)35-4/h9-14,16,24-25H,5-8,15,17-18H2,1-4H3. The molecule has 192 valence electrons. The molecule has 36 heavy (non-hydrogen) atoms. The minimum absolute atomic E-state index is 0.113. The minimum Gasteiger partial charge on any atom is -0.497 e. The molecule has 0 aliphatic carbocycles. The van der Waals surface area contributed by atoms with Crippen LogP contribution in [-0.4, -0.2) is 67.5 Å². The van der Waals surface area contributed by atoms with Crippen LogP contribution in [0.1, 0.15) is 55.3 Å². The predicted molar refractivity (Wildman–Crippen MR) is 137 cm³/mol. The number of aryl methyl sites for hydroxylation is 1. The van der Waals surface area contributed by atoms with Crippen LogP contribution >= 0.6 is 0 Å². The highest BCUT2D eigenvalue weighted by atomic mass is 16.5. The van der Waals surface area contributed by atoms with Crippen molar-refractivity contribution in [2.75, 3.05) is 33.9 Å². The summed E-state index contributed by atoms with van der Waals surface area (Å²) in [4.78, 5) is 28.2. The third-order valence-electron chi connectivity index (χ3n) is 6.86. The van der Waals surface area contributed by atoms with E-state index in [0.717, 1.165) is 35.2 Å². The number of rotatable bonds is 8. The van der Waals surface area contributed by atoms with Gasteiger partial charge in [-0.3, -0.25) is 14.5 Å². The molecule has 2 atom stereocenters. The van der Waals surface area contributed by atoms with E-state index in [9.17, 15) is 9.59 Å². The quantitative estimate of drug-likeness (QED) is 0.515. The lowest BCUT2D eigenvalue weighted by atomic mass is 9.97. The van der Waals surface area contributed by atoms with Crippen LogP contribution < -0.4 is 9.47 Å². The normalized spacial score (nSPS) is 20.1. The van der Waals surface area contributed by atoms with Crippen LogP contribution in [0.2, 0.25) is 0 Å². The number of esters is 1. The molecule has 0 spiro atoms. The van der Waals surface area contributed by atoms with Gasteiger partial charge in [0, 0.05) is 18.1 Å². The summed E-state index contributed by atoms with van der Waals surface area (Å²) in [5.74, 6) is 0.934. The smallest absolute Gasteiger partial charge is 0.323 e. The summed E-state index contributed by atoms with van der Waals surface area (Å²) < 4.78 is 16.2. The number of hydrogen-bond donors (Lipinski definition) is 0. The van der Waals surface area contributed by atoms with Crippen LogP contribution in [0.5, 0.6) is 11.5 Å². The molecule has 2 unspecified atom stereocenters. The Kier molecular flexibility index (Phi) is 8.25. The van der Waals surface area contributed by atoms with Crippen molar-refractivity contribution in [2.24, 2.45) is 5.10 Å². The fraction of sp³-hybridized carbons (Fsp3) is 0.464. The van der Waals surface area contributed by atoms with E-state index in [-0.39, 0.29) is 24.5 Å². The van der Waals surface area contributed by atoms with Gasteiger partial charge in [0.05, 0.1) is 39.1 Å². The highest BCUT2D eigenvalue weighted by Crippen LogP contribution is 2.36. The van der Waals surface area contributed by atoms with E-state index in [1.165, 1.54) is 0 Å². The number of piperidine rings is 1. The summed E-state index contributed by atoms with van der Waals surface area (Å²) in [5, 5.41) is 6.39. The summed E-state index contributed by atoms with van der Waals surface area (Å²) in [6, 6.07) is 13.1. The van der Waals surface area contributed by atoms with Crippen molar-refractivity contribution in [1.29, 1.82) is 0 Å². The number of hydrogen-bond acceptors (Lipinski definition) is 7. The van der Waals surface area contributed by atoms with Crippen molar-refractivity contribution in [2.45, 2.75) is 51.6 Å². The Morgan fingerprint density at radius 3 is 2.53 bits per heavy atom. The van der Waals surface area contributed by atoms with Gasteiger partial charge in [-0.1, -0.05) is 36.2 Å². The molecule has 8 nitrogen and oxygen atoms in total. The van der Waals surface area contributed by atoms with Gasteiger partial charge in [-0.15, -0.1) is 0 Å². The van der Waals surface area contributed by atoms with Crippen molar-refractivity contribution in [3.8, 4) is 11.5 Å². The second-order valence-corrected chi connectivity index (χ2v) is 9.22. The van der Waals surface area contributed by atoms with Crippen LogP contribution in [0.4, 0.5) is 0 Å². The molecule has 2 aromatic carbocycles. The van der Waals surface area contributed by atoms with E-state index >= 15 is 0 Å². The maximum absolute atomic E-state index is 13.7. The van der Waals surface area contributed by atoms with Gasteiger partial charge in [0.15, 0.2) is 0 Å². The molecule has 0 aromatic heterocycles. The molecule has 2 heterocycles. The first-order valence-corrected chi connectivity index (χ1v) is 12.5. The molecule has 1 amide bonds. The van der Waals surface area contributed by atoms with Crippen molar-refractivity contribution >= 4 is 17.6 Å². The molecule has 2 aliphatic rings. The van der Waals surface area contributed by atoms with E-state index < -0.39 is 6.04 Å². The number of amides is 1. The molecular weight excluding hydrogens is 458 g/mol. The van der Waals surface area contributed by atoms with Crippen LogP contribution in [0.3, 0.4) is 0 Å². The van der Waals surface area contributed by atoms with E-state index in [2.05, 4.69) is 0 Å². The maximum Gasteiger partial charge on any atom is 0.323 e. The van der Waals surface area contributed by atoms with Crippen LogP contribution in [0, 0.1) is 6.92 Å². The second-order valence-electron chi connectivity index (χ2n) is 9.22. The molecule has 1 saturated heterocycles. The third kappa shape index (κ3) is 5.54. The molecule has 8 heteroatoms. The molecule has 1 fully saturated rings. The summed E-state index contributed by atoms with van der Waals surface area (Å²) in [6.45, 7) is 4.97. The largest absolute Gasteiger partial charge is 0.497 e. The Bertz CT molecular complexity index is 1110. The van der Waals surface area contributed by atoms with Crippen molar-refractivity contribution in [3.63, 3.8) is 0 Å². The first-order valence-electron chi connectivity index (χ1n) is 12.5. The van der Waals surface area contributed by atoms with Crippen molar-refractivity contribution in [3.05, 3.63) is 59.2 Å². The minimum atomic E-state index is -0.395. The second kappa shape index (κ2) is 11.6. The first-order chi connectivity index (χ1) is 17.4. The topological polar surface area (TPSA) is 80.7 Å². The monoisotopic (exact) mass is 493 g/mol. The van der Waals surface area contributed by atoms with Gasteiger partial charge in [0.1, 0.15) is 17.5 Å². The van der Waals surface area contributed by atoms with E-state index in [1.807, 2.05) is 54.3 Å². The lowest BCUT2D eigenvalue weighted by Gasteiger charge is -2.34. The number of methoxy groups -OCH3 is 2. The first kappa shape index (κ1) is 25.7. The van der Waals surface area contributed by atoms with Gasteiger partial charge >= 0.3 is 5.97 Å². The van der Waals surface area contributed by atoms with Crippen LogP contribution in [-0.2, 0) is 14.3 Å². The van der Waals surface area contributed by atoms with Crippen LogP contribution in [0.15, 0.2) is 47.6 Å². The molecule has 2 aromatic rings. The Labute approximate surface area is 212 Å². The van der Waals surface area contributed by atoms with Crippen molar-refractivity contribution < 1.29 is 23.8 Å². The number of nitrogens with zero attached hydrogens (tertiary/aromatic N) is 3. The SMILES string of the molecule is CCOC(=O)C1CCCCN1CC(=O)N1N=C(c2ccc(OC)cc2OC)CC1c1ccc(C)cc1. The highest BCUT2D eigenvalue weighted by molar-refractivity contribution is 6.05. The van der Waals surface area contributed by atoms with E-state index in [1.54, 1.807) is 26.2 Å². The summed E-state index contributed by atoms with van der Waals surface area (Å²) >= 11 is 0. The van der Waals surface area contributed by atoms with Crippen molar-refractivity contribution in [1.82, 2.24) is 9.91 Å². The number of benzene rings is 2. The number of ether oxygens (including phenoxy) is 3. The maximum atomic E-state index is 13.7. The molecule has 4 rings (SSSR count). The van der Waals surface area contributed by atoms with E-state index in [4.69, 9.17) is 19.3 Å². The third-order valence-corrected chi connectivity index (χ3v) is 6.86. The summed E-state index contributed by atoms with van der Waals surface area (Å²) in [6.07, 6.45) is 3.15. The molecule has 0 bridgehead atoms. The van der Waals surface area contributed by atoms with E-state index in [0.29, 0.717) is 37.5 Å². The van der Waals surface area contributed by atoms with Gasteiger partial charge in [0.2, 0.25) is 0 Å². The Balaban J connectivity index is 1.64. The molecule has 0 N–H and O–H groups in total. The zero-order valence-corrected chi connectivity index (χ0v) is 21.5. The average Bonchev–Trinajstić information content (AvgIpc) is 3.34. The molecule has 2 aliphatic heterocycles. The summed E-state index contributed by atoms with van der Waals surface area (Å²) in [7, 11) is 3.22. The van der Waals surface area contributed by atoms with Gasteiger partial charge in [-0.2, -0.15) is 5.10 Å². The van der Waals surface area contributed by atoms with Gasteiger partial charge in [0.25, 0.3) is 5.91 Å². The Hall–Kier alpha value is -3.39. The number of carbonyl (C=O) groups excluding carboxylic acids is 2. The zero-order valence-electron chi connectivity index (χ0n) is 21.5. The van der Waals surface area contributed by atoms with Gasteiger partial charge in [-0.05, 0) is 50.9 Å². The summed E-state index contributed by atoms with van der Waals surface area (Å²) in [5.41, 5.74) is 3.76. The average molecular weight is 494 g/mol. The Morgan fingerprint density at radius 2 is 1.83 bits per heavy atom. The van der Waals surface area contributed by atoms with Crippen LogP contribution in [0.25, 0.3) is 0 Å². The fourth-order valence-electron chi connectivity index (χ4n) is 4.92. The molecular formula is C28H35N3O5. The van der Waals surface area contributed by atoms with Gasteiger partial charge < -0.3 is 14.2 Å². The molecule has 0 saturated carbocycles. The number of hydrazone groups is 1. The number of carbonyl (C=O) groups is 2. The fourth-order valence-corrected chi connectivity index (χ4v) is 4.92. The van der Waals surface area contributed by atoms with Gasteiger partial charge in [-0.25, -0.2) is 5.01 Å². The number of likely N-dealkylation sites (tertiary alicyclic amines) is 1. The Morgan fingerprint density at radius 1 is 1.06 bits per heavy atom. The zero-order chi connectivity index (χ0) is 25.7.